The van der Waals surface area contributed by atoms with Crippen molar-refractivity contribution >= 4 is 21.6 Å². The predicted octanol–water partition coefficient (Wildman–Crippen LogP) is 1.60. The summed E-state index contributed by atoms with van der Waals surface area (Å²) in [4.78, 5) is 23.9. The molecule has 3 aromatic rings. The fraction of sp³-hybridized carbons (Fsp3) is 0.471. The van der Waals surface area contributed by atoms with E-state index in [1.807, 2.05) is 6.07 Å². The van der Waals surface area contributed by atoms with Gasteiger partial charge < -0.3 is 0 Å². The molecule has 3 heterocycles. The summed E-state index contributed by atoms with van der Waals surface area (Å²) < 4.78 is 2.60. The van der Waals surface area contributed by atoms with Crippen molar-refractivity contribution in [1.29, 1.82) is 0 Å². The van der Waals surface area contributed by atoms with Crippen molar-refractivity contribution in [3.63, 3.8) is 0 Å². The number of benzene rings is 1. The summed E-state index contributed by atoms with van der Waals surface area (Å²) in [5.74, 6) is 0.736. The van der Waals surface area contributed by atoms with Gasteiger partial charge in [-0.3, -0.25) is 14.8 Å². The number of H-pyrrole nitrogens is 1. The molecule has 0 aliphatic carbocycles. The van der Waals surface area contributed by atoms with Gasteiger partial charge in [0.25, 0.3) is 0 Å². The zero-order valence-electron chi connectivity index (χ0n) is 14.5. The van der Waals surface area contributed by atoms with Gasteiger partial charge in [-0.05, 0) is 19.1 Å². The first-order valence-electron chi connectivity index (χ1n) is 8.54. The molecule has 1 atom stereocenters. The smallest absolute Gasteiger partial charge is 0.293 e. The molecule has 1 N–H and O–H groups in total. The normalized spacial score (nSPS) is 18.0. The summed E-state index contributed by atoms with van der Waals surface area (Å²) in [7, 11) is 1.67. The zero-order chi connectivity index (χ0) is 17.4. The monoisotopic (exact) mass is 358 g/mol. The first-order chi connectivity index (χ1) is 12.1. The second kappa shape index (κ2) is 6.70. The van der Waals surface area contributed by atoms with Crippen LogP contribution >= 0.6 is 11.3 Å². The maximum absolute atomic E-state index is 11.5. The lowest BCUT2D eigenvalue weighted by molar-refractivity contribution is 0.0961. The molecule has 1 aliphatic rings. The number of aromatic nitrogens is 4. The molecule has 2 aromatic heterocycles. The van der Waals surface area contributed by atoms with Crippen LogP contribution in [0.4, 0.5) is 0 Å². The summed E-state index contributed by atoms with van der Waals surface area (Å²) in [6.45, 7) is 6.85. The van der Waals surface area contributed by atoms with Gasteiger partial charge in [0.15, 0.2) is 0 Å². The number of hydrogen-bond donors (Lipinski definition) is 1. The summed E-state index contributed by atoms with van der Waals surface area (Å²) in [6, 6.07) is 8.64. The Balaban J connectivity index is 1.38. The second-order valence-corrected chi connectivity index (χ2v) is 7.57. The minimum absolute atomic E-state index is 0.155. The lowest BCUT2D eigenvalue weighted by Gasteiger charge is -2.36. The maximum Gasteiger partial charge on any atom is 0.343 e. The molecule has 4 rings (SSSR count). The largest absolute Gasteiger partial charge is 0.343 e. The number of piperazine rings is 1. The quantitative estimate of drug-likeness (QED) is 0.767. The summed E-state index contributed by atoms with van der Waals surface area (Å²) in [6.07, 6.45) is 0. The fourth-order valence-electron chi connectivity index (χ4n) is 3.27. The number of aromatic amines is 1. The number of thiazole rings is 1. The van der Waals surface area contributed by atoms with Crippen LogP contribution < -0.4 is 5.69 Å². The lowest BCUT2D eigenvalue weighted by Crippen LogP contribution is -2.46. The van der Waals surface area contributed by atoms with Gasteiger partial charge in [0.05, 0.1) is 22.8 Å². The summed E-state index contributed by atoms with van der Waals surface area (Å²) >= 11 is 1.79. The molecular formula is C17H22N6OS. The number of hydrogen-bond acceptors (Lipinski definition) is 6. The lowest BCUT2D eigenvalue weighted by atomic mass is 10.2. The van der Waals surface area contributed by atoms with E-state index in [4.69, 9.17) is 4.98 Å². The fourth-order valence-corrected chi connectivity index (χ4v) is 4.33. The van der Waals surface area contributed by atoms with E-state index >= 15 is 0 Å². The van der Waals surface area contributed by atoms with Gasteiger partial charge in [-0.25, -0.2) is 14.5 Å². The Morgan fingerprint density at radius 3 is 2.68 bits per heavy atom. The van der Waals surface area contributed by atoms with Gasteiger partial charge in [-0.15, -0.1) is 11.3 Å². The van der Waals surface area contributed by atoms with E-state index in [-0.39, 0.29) is 5.69 Å². The average molecular weight is 358 g/mol. The van der Waals surface area contributed by atoms with E-state index < -0.39 is 0 Å². The second-order valence-electron chi connectivity index (χ2n) is 6.51. The third-order valence-electron chi connectivity index (χ3n) is 4.81. The van der Waals surface area contributed by atoms with Gasteiger partial charge in [0.2, 0.25) is 0 Å². The molecule has 0 amide bonds. The zero-order valence-corrected chi connectivity index (χ0v) is 15.3. The van der Waals surface area contributed by atoms with Crippen LogP contribution in [0.1, 0.15) is 23.8 Å². The van der Waals surface area contributed by atoms with Crippen LogP contribution in [0.3, 0.4) is 0 Å². The molecule has 132 valence electrons. The third kappa shape index (κ3) is 3.37. The van der Waals surface area contributed by atoms with E-state index in [0.717, 1.165) is 37.5 Å². The van der Waals surface area contributed by atoms with Crippen molar-refractivity contribution in [2.75, 3.05) is 26.2 Å². The molecule has 1 saturated heterocycles. The van der Waals surface area contributed by atoms with Gasteiger partial charge in [0, 0.05) is 33.2 Å². The molecule has 0 radical (unpaired) electrons. The third-order valence-corrected chi connectivity index (χ3v) is 6.02. The van der Waals surface area contributed by atoms with Crippen molar-refractivity contribution in [2.24, 2.45) is 7.05 Å². The van der Waals surface area contributed by atoms with Crippen molar-refractivity contribution < 1.29 is 0 Å². The van der Waals surface area contributed by atoms with Crippen molar-refractivity contribution in [2.45, 2.75) is 19.5 Å². The number of aryl methyl sites for hydroxylation is 1. The highest BCUT2D eigenvalue weighted by atomic mass is 32.1. The van der Waals surface area contributed by atoms with Crippen LogP contribution in [-0.4, -0.2) is 55.7 Å². The Morgan fingerprint density at radius 1 is 1.24 bits per heavy atom. The summed E-state index contributed by atoms with van der Waals surface area (Å²) in [5, 5.41) is 5.40. The Hall–Kier alpha value is -2.03. The highest BCUT2D eigenvalue weighted by Crippen LogP contribution is 2.29. The molecule has 0 spiro atoms. The van der Waals surface area contributed by atoms with Gasteiger partial charge in [0.1, 0.15) is 10.8 Å². The predicted molar refractivity (Wildman–Crippen MR) is 98.7 cm³/mol. The molecule has 1 fully saturated rings. The first-order valence-corrected chi connectivity index (χ1v) is 9.36. The van der Waals surface area contributed by atoms with Crippen LogP contribution in [0.5, 0.6) is 0 Å². The number of nitrogens with zero attached hydrogens (tertiary/aromatic N) is 5. The van der Waals surface area contributed by atoms with Crippen LogP contribution in [0.15, 0.2) is 29.1 Å². The standard InChI is InChI=1S/C17H22N6OS/c1-12(16-18-13-5-3-4-6-14(13)25-16)23-9-7-22(8-10-23)11-15-19-17(24)21(2)20-15/h3-6,12H,7-11H2,1-2H3,(H,19,20,24). The van der Waals surface area contributed by atoms with E-state index in [1.165, 1.54) is 14.4 Å². The van der Waals surface area contributed by atoms with Gasteiger partial charge in [-0.2, -0.15) is 5.10 Å². The van der Waals surface area contributed by atoms with Crippen LogP contribution in [-0.2, 0) is 13.6 Å². The first kappa shape index (κ1) is 16.4. The number of rotatable bonds is 4. The molecule has 1 aliphatic heterocycles. The minimum atomic E-state index is -0.155. The van der Waals surface area contributed by atoms with E-state index in [2.05, 4.69) is 45.0 Å². The Morgan fingerprint density at radius 2 is 2.00 bits per heavy atom. The summed E-state index contributed by atoms with van der Waals surface area (Å²) in [5.41, 5.74) is 0.935. The Bertz CT molecular complexity index is 888. The number of fused-ring (bicyclic) bond motifs is 1. The maximum atomic E-state index is 11.5. The molecule has 25 heavy (non-hydrogen) atoms. The number of para-hydroxylation sites is 1. The van der Waals surface area contributed by atoms with Crippen LogP contribution in [0.2, 0.25) is 0 Å². The molecule has 0 bridgehead atoms. The molecule has 0 saturated carbocycles. The van der Waals surface area contributed by atoms with Gasteiger partial charge >= 0.3 is 5.69 Å². The van der Waals surface area contributed by atoms with Gasteiger partial charge in [-0.1, -0.05) is 12.1 Å². The molecule has 7 nitrogen and oxygen atoms in total. The Kier molecular flexibility index (Phi) is 4.41. The SMILES string of the molecule is CC(c1nc2ccccc2s1)N1CCN(Cc2nn(C)c(=O)[nH]2)CC1. The number of nitrogens with one attached hydrogen (secondary N) is 1. The molecule has 1 unspecified atom stereocenters. The van der Waals surface area contributed by atoms with Crippen molar-refractivity contribution in [3.05, 3.63) is 45.6 Å². The van der Waals surface area contributed by atoms with Crippen LogP contribution in [0.25, 0.3) is 10.2 Å². The van der Waals surface area contributed by atoms with E-state index in [9.17, 15) is 4.79 Å². The van der Waals surface area contributed by atoms with E-state index in [1.54, 1.807) is 18.4 Å². The van der Waals surface area contributed by atoms with E-state index in [0.29, 0.717) is 12.6 Å². The Labute approximate surface area is 149 Å². The molecule has 1 aromatic carbocycles. The molecule has 8 heteroatoms. The topological polar surface area (TPSA) is 70.1 Å². The highest BCUT2D eigenvalue weighted by Gasteiger charge is 2.24. The van der Waals surface area contributed by atoms with Crippen LogP contribution in [0, 0.1) is 0 Å². The minimum Gasteiger partial charge on any atom is -0.293 e. The molecular weight excluding hydrogens is 336 g/mol. The highest BCUT2D eigenvalue weighted by molar-refractivity contribution is 7.18. The van der Waals surface area contributed by atoms with Crippen molar-refractivity contribution in [1.82, 2.24) is 29.5 Å². The average Bonchev–Trinajstić information content (AvgIpc) is 3.18. The van der Waals surface area contributed by atoms with Crippen molar-refractivity contribution in [3.8, 4) is 0 Å².